The van der Waals surface area contributed by atoms with Crippen molar-refractivity contribution in [3.05, 3.63) is 34.6 Å². The zero-order valence-electron chi connectivity index (χ0n) is 12.6. The normalized spacial score (nSPS) is 19.9. The first kappa shape index (κ1) is 16.7. The summed E-state index contributed by atoms with van der Waals surface area (Å²) in [5.41, 5.74) is 0.686. The molecule has 3 nitrogen and oxygen atoms in total. The summed E-state index contributed by atoms with van der Waals surface area (Å²) >= 11 is 5.98. The number of likely N-dealkylation sites (tertiary alicyclic amines) is 1. The molecule has 2 rings (SSSR count). The maximum absolute atomic E-state index is 13.9. The molecule has 1 aliphatic rings. The number of ether oxygens (including phenoxy) is 1. The molecule has 0 bridgehead atoms. The highest BCUT2D eigenvalue weighted by molar-refractivity contribution is 6.30. The first-order chi connectivity index (χ1) is 10.2. The van der Waals surface area contributed by atoms with Crippen molar-refractivity contribution in [3.8, 4) is 0 Å². The summed E-state index contributed by atoms with van der Waals surface area (Å²) in [6.07, 6.45) is 3.57. The lowest BCUT2D eigenvalue weighted by Gasteiger charge is -2.36. The van der Waals surface area contributed by atoms with E-state index in [1.165, 1.54) is 18.9 Å². The minimum absolute atomic E-state index is 0.170. The molecule has 0 spiro atoms. The van der Waals surface area contributed by atoms with Gasteiger partial charge in [0.1, 0.15) is 5.82 Å². The molecule has 0 radical (unpaired) electrons. The van der Waals surface area contributed by atoms with Crippen molar-refractivity contribution >= 4 is 11.6 Å². The van der Waals surface area contributed by atoms with Gasteiger partial charge in [0.05, 0.1) is 6.61 Å². The molecule has 0 saturated carbocycles. The molecule has 1 heterocycles. The van der Waals surface area contributed by atoms with Crippen molar-refractivity contribution in [1.29, 1.82) is 0 Å². The van der Waals surface area contributed by atoms with Gasteiger partial charge in [-0.1, -0.05) is 18.0 Å². The van der Waals surface area contributed by atoms with Crippen LogP contribution in [0.4, 0.5) is 4.39 Å². The molecule has 118 valence electrons. The van der Waals surface area contributed by atoms with Crippen LogP contribution in [0.3, 0.4) is 0 Å². The first-order valence-corrected chi connectivity index (χ1v) is 7.96. The summed E-state index contributed by atoms with van der Waals surface area (Å²) in [5, 5.41) is 4.01. The lowest BCUT2D eigenvalue weighted by Crippen LogP contribution is -2.45. The summed E-state index contributed by atoms with van der Waals surface area (Å²) in [6, 6.07) is 5.24. The first-order valence-electron chi connectivity index (χ1n) is 7.58. The van der Waals surface area contributed by atoms with Crippen molar-refractivity contribution in [2.24, 2.45) is 0 Å². The average molecular weight is 315 g/mol. The number of nitrogens with one attached hydrogen (secondary N) is 1. The molecule has 1 aromatic rings. The summed E-state index contributed by atoms with van der Waals surface area (Å²) in [7, 11) is 1.70. The molecule has 0 aliphatic carbocycles. The van der Waals surface area contributed by atoms with E-state index in [9.17, 15) is 4.39 Å². The number of nitrogens with zero attached hydrogens (tertiary/aromatic N) is 1. The fourth-order valence-electron chi connectivity index (χ4n) is 2.83. The van der Waals surface area contributed by atoms with Gasteiger partial charge in [-0.3, -0.25) is 4.90 Å². The molecule has 1 fully saturated rings. The van der Waals surface area contributed by atoms with E-state index in [1.54, 1.807) is 19.2 Å². The Bertz CT molecular complexity index is 444. The zero-order chi connectivity index (χ0) is 15.1. The second-order valence-electron chi connectivity index (χ2n) is 5.55. The van der Waals surface area contributed by atoms with Crippen LogP contribution in [0.2, 0.25) is 5.02 Å². The van der Waals surface area contributed by atoms with Crippen LogP contribution in [0, 0.1) is 5.82 Å². The van der Waals surface area contributed by atoms with Crippen LogP contribution in [-0.2, 0) is 11.3 Å². The Labute approximate surface area is 131 Å². The SMILES string of the molecule is COCCNCC1CCCCN1Cc1cc(Cl)ccc1F. The average Bonchev–Trinajstić information content (AvgIpc) is 2.49. The van der Waals surface area contributed by atoms with Gasteiger partial charge in [0, 0.05) is 43.4 Å². The van der Waals surface area contributed by atoms with E-state index in [4.69, 9.17) is 16.3 Å². The Morgan fingerprint density at radius 1 is 1.43 bits per heavy atom. The predicted molar refractivity (Wildman–Crippen MR) is 84.2 cm³/mol. The second-order valence-corrected chi connectivity index (χ2v) is 5.99. The number of piperidine rings is 1. The number of hydrogen-bond acceptors (Lipinski definition) is 3. The molecule has 1 unspecified atom stereocenters. The van der Waals surface area contributed by atoms with E-state index >= 15 is 0 Å². The third-order valence-electron chi connectivity index (χ3n) is 3.99. The van der Waals surface area contributed by atoms with Crippen molar-refractivity contribution in [3.63, 3.8) is 0 Å². The van der Waals surface area contributed by atoms with Crippen LogP contribution in [0.1, 0.15) is 24.8 Å². The van der Waals surface area contributed by atoms with E-state index in [-0.39, 0.29) is 5.82 Å². The Kier molecular flexibility index (Phi) is 6.90. The van der Waals surface area contributed by atoms with Gasteiger partial charge < -0.3 is 10.1 Å². The van der Waals surface area contributed by atoms with Gasteiger partial charge in [-0.05, 0) is 37.6 Å². The van der Waals surface area contributed by atoms with Crippen LogP contribution in [-0.4, -0.2) is 44.3 Å². The molecule has 0 aromatic heterocycles. The number of halogens is 2. The number of hydrogen-bond donors (Lipinski definition) is 1. The van der Waals surface area contributed by atoms with Crippen molar-refractivity contribution in [2.45, 2.75) is 31.8 Å². The second kappa shape index (κ2) is 8.69. The lowest BCUT2D eigenvalue weighted by molar-refractivity contribution is 0.131. The van der Waals surface area contributed by atoms with Gasteiger partial charge in [0.15, 0.2) is 0 Å². The third-order valence-corrected chi connectivity index (χ3v) is 4.23. The number of rotatable bonds is 7. The van der Waals surface area contributed by atoms with Gasteiger partial charge in [-0.15, -0.1) is 0 Å². The Hall–Kier alpha value is -0.680. The Balaban J connectivity index is 1.93. The van der Waals surface area contributed by atoms with Crippen LogP contribution in [0.15, 0.2) is 18.2 Å². The molecule has 0 amide bonds. The van der Waals surface area contributed by atoms with E-state index in [1.807, 2.05) is 0 Å². The summed E-state index contributed by atoms with van der Waals surface area (Å²) in [5.74, 6) is -0.170. The molecule has 1 aromatic carbocycles. The Morgan fingerprint density at radius 3 is 3.10 bits per heavy atom. The summed E-state index contributed by atoms with van der Waals surface area (Å²) in [6.45, 7) is 4.14. The highest BCUT2D eigenvalue weighted by Crippen LogP contribution is 2.22. The number of methoxy groups -OCH3 is 1. The monoisotopic (exact) mass is 314 g/mol. The highest BCUT2D eigenvalue weighted by Gasteiger charge is 2.23. The zero-order valence-corrected chi connectivity index (χ0v) is 13.3. The predicted octanol–water partition coefficient (Wildman–Crippen LogP) is 3.07. The molecular formula is C16H24ClFN2O. The van der Waals surface area contributed by atoms with Crippen LogP contribution in [0.5, 0.6) is 0 Å². The van der Waals surface area contributed by atoms with Crippen LogP contribution < -0.4 is 5.32 Å². The van der Waals surface area contributed by atoms with Gasteiger partial charge in [0.2, 0.25) is 0 Å². The van der Waals surface area contributed by atoms with E-state index in [0.29, 0.717) is 23.2 Å². The minimum Gasteiger partial charge on any atom is -0.383 e. The fraction of sp³-hybridized carbons (Fsp3) is 0.625. The van der Waals surface area contributed by atoms with Gasteiger partial charge in [-0.2, -0.15) is 0 Å². The molecule has 1 saturated heterocycles. The summed E-state index contributed by atoms with van der Waals surface area (Å²) in [4.78, 5) is 2.36. The van der Waals surface area contributed by atoms with Gasteiger partial charge in [0.25, 0.3) is 0 Å². The number of benzene rings is 1. The minimum atomic E-state index is -0.170. The summed E-state index contributed by atoms with van der Waals surface area (Å²) < 4.78 is 18.9. The van der Waals surface area contributed by atoms with Crippen molar-refractivity contribution in [2.75, 3.05) is 33.4 Å². The molecule has 5 heteroatoms. The fourth-order valence-corrected chi connectivity index (χ4v) is 3.02. The maximum Gasteiger partial charge on any atom is 0.127 e. The van der Waals surface area contributed by atoms with Gasteiger partial charge >= 0.3 is 0 Å². The van der Waals surface area contributed by atoms with E-state index in [2.05, 4.69) is 10.2 Å². The van der Waals surface area contributed by atoms with E-state index in [0.717, 1.165) is 32.7 Å². The maximum atomic E-state index is 13.9. The largest absolute Gasteiger partial charge is 0.383 e. The topological polar surface area (TPSA) is 24.5 Å². The van der Waals surface area contributed by atoms with Crippen molar-refractivity contribution in [1.82, 2.24) is 10.2 Å². The van der Waals surface area contributed by atoms with Gasteiger partial charge in [-0.25, -0.2) is 4.39 Å². The smallest absolute Gasteiger partial charge is 0.127 e. The molecule has 1 N–H and O–H groups in total. The van der Waals surface area contributed by atoms with E-state index < -0.39 is 0 Å². The van der Waals surface area contributed by atoms with Crippen LogP contribution in [0.25, 0.3) is 0 Å². The lowest BCUT2D eigenvalue weighted by atomic mass is 10.0. The molecule has 1 atom stereocenters. The van der Waals surface area contributed by atoms with Crippen molar-refractivity contribution < 1.29 is 9.13 Å². The Morgan fingerprint density at radius 2 is 2.29 bits per heavy atom. The standard InChI is InChI=1S/C16H24ClFN2O/c1-21-9-7-19-11-15-4-2-3-8-20(15)12-13-10-14(17)5-6-16(13)18/h5-6,10,15,19H,2-4,7-9,11-12H2,1H3. The highest BCUT2D eigenvalue weighted by atomic mass is 35.5. The molecule has 1 aliphatic heterocycles. The molecule has 21 heavy (non-hydrogen) atoms. The van der Waals surface area contributed by atoms with Crippen LogP contribution >= 0.6 is 11.6 Å². The third kappa shape index (κ3) is 5.22. The quantitative estimate of drug-likeness (QED) is 0.783. The molecular weight excluding hydrogens is 291 g/mol.